The molecule has 1 aliphatic heterocycles. The molecule has 0 bridgehead atoms. The van der Waals surface area contributed by atoms with E-state index in [0.717, 1.165) is 39.0 Å². The molecular formula is C18H36N4O2. The van der Waals surface area contributed by atoms with Crippen LogP contribution in [-0.2, 0) is 9.53 Å². The van der Waals surface area contributed by atoms with Gasteiger partial charge in [-0.05, 0) is 24.7 Å². The molecule has 0 saturated carbocycles. The van der Waals surface area contributed by atoms with E-state index in [1.165, 1.54) is 0 Å². The van der Waals surface area contributed by atoms with Gasteiger partial charge in [0.1, 0.15) is 6.54 Å². The largest absolute Gasteiger partial charge is 0.377 e. The Labute approximate surface area is 147 Å². The van der Waals surface area contributed by atoms with E-state index in [9.17, 15) is 4.79 Å². The van der Waals surface area contributed by atoms with Crippen molar-refractivity contribution < 1.29 is 9.53 Å². The van der Waals surface area contributed by atoms with Gasteiger partial charge in [-0.15, -0.1) is 0 Å². The van der Waals surface area contributed by atoms with Crippen LogP contribution in [0.1, 0.15) is 47.0 Å². The number of carbonyl (C=O) groups excluding carboxylic acids is 1. The zero-order chi connectivity index (χ0) is 18.2. The predicted molar refractivity (Wildman–Crippen MR) is 99.2 cm³/mol. The first-order chi connectivity index (χ1) is 11.3. The molecule has 24 heavy (non-hydrogen) atoms. The van der Waals surface area contributed by atoms with E-state index in [0.29, 0.717) is 11.9 Å². The normalized spacial score (nSPS) is 22.2. The third kappa shape index (κ3) is 7.07. The molecule has 1 aliphatic rings. The van der Waals surface area contributed by atoms with Crippen LogP contribution in [-0.4, -0.2) is 63.2 Å². The van der Waals surface area contributed by atoms with Crippen LogP contribution in [0.25, 0.3) is 0 Å². The minimum atomic E-state index is 0.00108. The highest BCUT2D eigenvalue weighted by Gasteiger charge is 2.35. The van der Waals surface area contributed by atoms with Crippen molar-refractivity contribution in [3.63, 3.8) is 0 Å². The molecule has 1 saturated heterocycles. The van der Waals surface area contributed by atoms with Crippen molar-refractivity contribution in [2.45, 2.75) is 53.1 Å². The summed E-state index contributed by atoms with van der Waals surface area (Å²) in [6.45, 7) is 11.5. The van der Waals surface area contributed by atoms with E-state index in [-0.39, 0.29) is 24.0 Å². The molecule has 6 nitrogen and oxygen atoms in total. The smallest absolute Gasteiger partial charge is 0.243 e. The zero-order valence-corrected chi connectivity index (χ0v) is 16.3. The molecular weight excluding hydrogens is 304 g/mol. The summed E-state index contributed by atoms with van der Waals surface area (Å²) in [6.07, 6.45) is 3.52. The molecule has 0 radical (unpaired) electrons. The Bertz CT molecular complexity index is 416. The third-order valence-corrected chi connectivity index (χ3v) is 4.24. The standard InChI is InChI=1S/C18H36N4O2/c1-7-10-19-17(21-13-15(23)22(5)6)20-12-14-9-8-11-24-16(14)18(2,3)4/h14,16H,7-13H2,1-6H3,(H2,19,20,21). The second kappa shape index (κ2) is 9.87. The molecule has 0 aromatic rings. The number of nitrogens with one attached hydrogen (secondary N) is 2. The van der Waals surface area contributed by atoms with Gasteiger partial charge in [-0.2, -0.15) is 0 Å². The van der Waals surface area contributed by atoms with Gasteiger partial charge in [-0.3, -0.25) is 4.79 Å². The van der Waals surface area contributed by atoms with Crippen LogP contribution in [0.15, 0.2) is 4.99 Å². The van der Waals surface area contributed by atoms with E-state index in [2.05, 4.69) is 43.3 Å². The molecule has 2 atom stereocenters. The predicted octanol–water partition coefficient (Wildman–Crippen LogP) is 1.86. The van der Waals surface area contributed by atoms with Gasteiger partial charge in [0.2, 0.25) is 5.91 Å². The highest BCUT2D eigenvalue weighted by molar-refractivity contribution is 5.84. The Morgan fingerprint density at radius 3 is 2.58 bits per heavy atom. The molecule has 0 spiro atoms. The number of amides is 1. The number of ether oxygens (including phenoxy) is 1. The van der Waals surface area contributed by atoms with Gasteiger partial charge >= 0.3 is 0 Å². The highest BCUT2D eigenvalue weighted by atomic mass is 16.5. The van der Waals surface area contributed by atoms with E-state index < -0.39 is 0 Å². The van der Waals surface area contributed by atoms with E-state index in [1.807, 2.05) is 0 Å². The SMILES string of the molecule is CCCNC(=NCC(=O)N(C)C)NCC1CCCOC1C(C)(C)C. The lowest BCUT2D eigenvalue weighted by Crippen LogP contribution is -2.47. The third-order valence-electron chi connectivity index (χ3n) is 4.24. The molecule has 6 heteroatoms. The summed E-state index contributed by atoms with van der Waals surface area (Å²) in [5.74, 6) is 1.17. The van der Waals surface area contributed by atoms with Gasteiger partial charge < -0.3 is 20.3 Å². The number of nitrogens with zero attached hydrogens (tertiary/aromatic N) is 2. The summed E-state index contributed by atoms with van der Waals surface area (Å²) in [4.78, 5) is 17.7. The van der Waals surface area contributed by atoms with E-state index in [4.69, 9.17) is 4.74 Å². The fraction of sp³-hybridized carbons (Fsp3) is 0.889. The van der Waals surface area contributed by atoms with Crippen LogP contribution < -0.4 is 10.6 Å². The fourth-order valence-electron chi connectivity index (χ4n) is 2.94. The quantitative estimate of drug-likeness (QED) is 0.572. The Morgan fingerprint density at radius 1 is 1.29 bits per heavy atom. The first-order valence-electron chi connectivity index (χ1n) is 9.09. The van der Waals surface area contributed by atoms with E-state index >= 15 is 0 Å². The average molecular weight is 341 g/mol. The minimum absolute atomic E-state index is 0.00108. The van der Waals surface area contributed by atoms with Gasteiger partial charge in [-0.25, -0.2) is 4.99 Å². The summed E-state index contributed by atoms with van der Waals surface area (Å²) in [5, 5.41) is 6.69. The van der Waals surface area contributed by atoms with Gasteiger partial charge in [0.05, 0.1) is 6.10 Å². The number of likely N-dealkylation sites (N-methyl/N-ethyl adjacent to an activating group) is 1. The van der Waals surface area contributed by atoms with Crippen molar-refractivity contribution in [3.8, 4) is 0 Å². The second-order valence-electron chi connectivity index (χ2n) is 7.82. The van der Waals surface area contributed by atoms with Crippen molar-refractivity contribution in [1.29, 1.82) is 0 Å². The first-order valence-corrected chi connectivity index (χ1v) is 9.09. The zero-order valence-electron chi connectivity index (χ0n) is 16.3. The van der Waals surface area contributed by atoms with Gasteiger partial charge in [0.25, 0.3) is 0 Å². The van der Waals surface area contributed by atoms with Crippen LogP contribution >= 0.6 is 0 Å². The molecule has 140 valence electrons. The second-order valence-corrected chi connectivity index (χ2v) is 7.82. The summed E-state index contributed by atoms with van der Waals surface area (Å²) in [6, 6.07) is 0. The molecule has 2 N–H and O–H groups in total. The lowest BCUT2D eigenvalue weighted by atomic mass is 9.78. The fourth-order valence-corrected chi connectivity index (χ4v) is 2.94. The van der Waals surface area contributed by atoms with Crippen molar-refractivity contribution in [1.82, 2.24) is 15.5 Å². The maximum absolute atomic E-state index is 11.8. The van der Waals surface area contributed by atoms with Crippen molar-refractivity contribution in [3.05, 3.63) is 0 Å². The monoisotopic (exact) mass is 340 g/mol. The van der Waals surface area contributed by atoms with Gasteiger partial charge in [0.15, 0.2) is 5.96 Å². The topological polar surface area (TPSA) is 66.0 Å². The number of hydrogen-bond acceptors (Lipinski definition) is 3. The molecule has 1 rings (SSSR count). The summed E-state index contributed by atoms with van der Waals surface area (Å²) < 4.78 is 6.04. The molecule has 0 aromatic heterocycles. The lowest BCUT2D eigenvalue weighted by molar-refractivity contribution is -0.127. The molecule has 2 unspecified atom stereocenters. The summed E-state index contributed by atoms with van der Waals surface area (Å²) in [5.41, 5.74) is 0.127. The van der Waals surface area contributed by atoms with Gasteiger partial charge in [-0.1, -0.05) is 27.7 Å². The Morgan fingerprint density at radius 2 is 2.00 bits per heavy atom. The van der Waals surface area contributed by atoms with Gasteiger partial charge in [0, 0.05) is 39.7 Å². The summed E-state index contributed by atoms with van der Waals surface area (Å²) >= 11 is 0. The van der Waals surface area contributed by atoms with Crippen LogP contribution in [0.3, 0.4) is 0 Å². The Kier molecular flexibility index (Phi) is 8.53. The maximum atomic E-state index is 11.8. The van der Waals surface area contributed by atoms with E-state index in [1.54, 1.807) is 19.0 Å². The molecule has 1 fully saturated rings. The molecule has 0 aromatic carbocycles. The summed E-state index contributed by atoms with van der Waals surface area (Å²) in [7, 11) is 3.50. The van der Waals surface area contributed by atoms with Crippen LogP contribution in [0.5, 0.6) is 0 Å². The number of aliphatic imine (C=N–C) groups is 1. The maximum Gasteiger partial charge on any atom is 0.243 e. The van der Waals surface area contributed by atoms with Crippen LogP contribution in [0.2, 0.25) is 0 Å². The molecule has 0 aliphatic carbocycles. The van der Waals surface area contributed by atoms with Crippen molar-refractivity contribution in [2.75, 3.05) is 40.3 Å². The van der Waals surface area contributed by atoms with Crippen molar-refractivity contribution >= 4 is 11.9 Å². The minimum Gasteiger partial charge on any atom is -0.377 e. The Hall–Kier alpha value is -1.30. The molecule has 1 amide bonds. The highest BCUT2D eigenvalue weighted by Crippen LogP contribution is 2.33. The molecule has 1 heterocycles. The van der Waals surface area contributed by atoms with Crippen molar-refractivity contribution in [2.24, 2.45) is 16.3 Å². The lowest BCUT2D eigenvalue weighted by Gasteiger charge is -2.40. The van der Waals surface area contributed by atoms with Crippen LogP contribution in [0, 0.1) is 11.3 Å². The first kappa shape index (κ1) is 20.7. The number of guanidine groups is 1. The van der Waals surface area contributed by atoms with Crippen LogP contribution in [0.4, 0.5) is 0 Å². The Balaban J connectivity index is 2.65. The number of hydrogen-bond donors (Lipinski definition) is 2. The number of carbonyl (C=O) groups is 1. The number of rotatable bonds is 6. The average Bonchev–Trinajstić information content (AvgIpc) is 2.53.